The van der Waals surface area contributed by atoms with E-state index in [1.807, 2.05) is 19.3 Å². The van der Waals surface area contributed by atoms with E-state index in [1.165, 1.54) is 7.11 Å². The summed E-state index contributed by atoms with van der Waals surface area (Å²) < 4.78 is 5.11. The molecule has 1 aliphatic rings. The second-order valence-corrected chi connectivity index (χ2v) is 8.40. The number of nitrogens with one attached hydrogen (secondary N) is 2. The van der Waals surface area contributed by atoms with Crippen LogP contribution in [-0.4, -0.2) is 64.9 Å². The van der Waals surface area contributed by atoms with Crippen LogP contribution in [0, 0.1) is 5.92 Å². The maximum Gasteiger partial charge on any atom is 0.253 e. The molecule has 1 heterocycles. The molecule has 1 fully saturated rings. The summed E-state index contributed by atoms with van der Waals surface area (Å²) >= 11 is 0. The average molecular weight is 449 g/mol. The van der Waals surface area contributed by atoms with Crippen molar-refractivity contribution in [2.75, 3.05) is 13.7 Å². The van der Waals surface area contributed by atoms with Gasteiger partial charge in [0.2, 0.25) is 5.91 Å². The van der Waals surface area contributed by atoms with E-state index in [2.05, 4.69) is 5.32 Å². The van der Waals surface area contributed by atoms with E-state index in [0.29, 0.717) is 16.2 Å². The number of hydrogen-bond acceptors (Lipinski definition) is 8. The van der Waals surface area contributed by atoms with Gasteiger partial charge in [0.1, 0.15) is 11.3 Å². The van der Waals surface area contributed by atoms with Crippen LogP contribution in [0.3, 0.4) is 0 Å². The van der Waals surface area contributed by atoms with Gasteiger partial charge in [-0.1, -0.05) is 26.0 Å². The lowest BCUT2D eigenvalue weighted by atomic mass is 9.78. The standard InChI is InChI=1S/C22H32N4O6/c1-5-24-19(28)18-17(27)12-22(25-31,11-13(2)3)21(30)26(18)20(29)16(23)10-14-6-8-15(32-4)9-7-14/h6-9,13,16,18,25,31H,5,10-12,23H2,1-4H3,(H,24,28)/t16-,18-,22?/m0/s1. The number of likely N-dealkylation sites (tertiary alicyclic amines) is 1. The van der Waals surface area contributed by atoms with Gasteiger partial charge in [0, 0.05) is 13.0 Å². The fraction of sp³-hybridized carbons (Fsp3) is 0.545. The first-order valence-corrected chi connectivity index (χ1v) is 10.6. The Bertz CT molecular complexity index is 856. The molecule has 0 spiro atoms. The number of Topliss-reactive ketones (excluding diaryl/α,β-unsaturated/α-hetero) is 1. The molecule has 1 saturated heterocycles. The SMILES string of the molecule is CCNC(=O)[C@@H]1C(=O)CC(CC(C)C)(NO)C(=O)N1C(=O)[C@@H](N)Cc1ccc(OC)cc1. The van der Waals surface area contributed by atoms with E-state index in [4.69, 9.17) is 10.5 Å². The van der Waals surface area contributed by atoms with Gasteiger partial charge in [0.25, 0.3) is 11.8 Å². The summed E-state index contributed by atoms with van der Waals surface area (Å²) in [4.78, 5) is 53.0. The largest absolute Gasteiger partial charge is 0.497 e. The lowest BCUT2D eigenvalue weighted by molar-refractivity contribution is -0.169. The van der Waals surface area contributed by atoms with Crippen molar-refractivity contribution in [3.8, 4) is 5.75 Å². The molecule has 3 atom stereocenters. The van der Waals surface area contributed by atoms with Crippen molar-refractivity contribution in [3.05, 3.63) is 29.8 Å². The first-order chi connectivity index (χ1) is 15.1. The van der Waals surface area contributed by atoms with Crippen LogP contribution in [0.4, 0.5) is 0 Å². The van der Waals surface area contributed by atoms with E-state index in [1.54, 1.807) is 31.2 Å². The van der Waals surface area contributed by atoms with E-state index in [0.717, 1.165) is 0 Å². The summed E-state index contributed by atoms with van der Waals surface area (Å²) in [7, 11) is 1.53. The lowest BCUT2D eigenvalue weighted by Crippen LogP contribution is -2.72. The molecule has 1 aliphatic heterocycles. The van der Waals surface area contributed by atoms with Crippen LogP contribution >= 0.6 is 0 Å². The van der Waals surface area contributed by atoms with Crippen LogP contribution < -0.4 is 21.3 Å². The van der Waals surface area contributed by atoms with Crippen LogP contribution in [-0.2, 0) is 25.6 Å². The molecule has 0 radical (unpaired) electrons. The molecule has 176 valence electrons. The summed E-state index contributed by atoms with van der Waals surface area (Å²) in [5, 5.41) is 12.3. The number of carbonyl (C=O) groups excluding carboxylic acids is 4. The molecule has 1 aromatic carbocycles. The molecule has 0 bridgehead atoms. The van der Waals surface area contributed by atoms with Gasteiger partial charge in [-0.05, 0) is 43.4 Å². The predicted octanol–water partition coefficient (Wildman–Crippen LogP) is 0.161. The van der Waals surface area contributed by atoms with Gasteiger partial charge in [-0.3, -0.25) is 24.1 Å². The molecule has 1 aromatic rings. The quantitative estimate of drug-likeness (QED) is 0.308. The van der Waals surface area contributed by atoms with Crippen LogP contribution in [0.2, 0.25) is 0 Å². The highest BCUT2D eigenvalue weighted by Crippen LogP contribution is 2.31. The fourth-order valence-electron chi connectivity index (χ4n) is 3.99. The van der Waals surface area contributed by atoms with E-state index < -0.39 is 47.5 Å². The fourth-order valence-corrected chi connectivity index (χ4v) is 3.99. The second kappa shape index (κ2) is 10.7. The smallest absolute Gasteiger partial charge is 0.253 e. The van der Waals surface area contributed by atoms with Crippen molar-refractivity contribution in [2.24, 2.45) is 11.7 Å². The number of methoxy groups -OCH3 is 1. The average Bonchev–Trinajstić information content (AvgIpc) is 2.75. The maximum atomic E-state index is 13.4. The molecule has 5 N–H and O–H groups in total. The third-order valence-corrected chi connectivity index (χ3v) is 5.41. The zero-order valence-corrected chi connectivity index (χ0v) is 18.9. The van der Waals surface area contributed by atoms with E-state index in [9.17, 15) is 24.4 Å². The maximum absolute atomic E-state index is 13.4. The number of hydrogen-bond donors (Lipinski definition) is 4. The molecule has 3 amide bonds. The van der Waals surface area contributed by atoms with Crippen LogP contribution in [0.5, 0.6) is 5.75 Å². The van der Waals surface area contributed by atoms with Gasteiger partial charge in [0.05, 0.1) is 13.2 Å². The van der Waals surface area contributed by atoms with Crippen molar-refractivity contribution in [1.82, 2.24) is 15.7 Å². The molecular weight excluding hydrogens is 416 g/mol. The van der Waals surface area contributed by atoms with E-state index >= 15 is 0 Å². The highest BCUT2D eigenvalue weighted by molar-refractivity contribution is 6.18. The Hall–Kier alpha value is -2.82. The Morgan fingerprint density at radius 1 is 1.28 bits per heavy atom. The molecule has 10 heteroatoms. The number of likely N-dealkylation sites (N-methyl/N-ethyl adjacent to an activating group) is 1. The van der Waals surface area contributed by atoms with Gasteiger partial charge < -0.3 is 21.0 Å². The van der Waals surface area contributed by atoms with Crippen molar-refractivity contribution in [1.29, 1.82) is 0 Å². The van der Waals surface area contributed by atoms with E-state index in [-0.39, 0.29) is 25.3 Å². The number of amides is 3. The topological polar surface area (TPSA) is 151 Å². The van der Waals surface area contributed by atoms with Gasteiger partial charge in [-0.15, -0.1) is 0 Å². The highest BCUT2D eigenvalue weighted by Gasteiger charge is 2.56. The van der Waals surface area contributed by atoms with Gasteiger partial charge in [0.15, 0.2) is 11.8 Å². The third-order valence-electron chi connectivity index (χ3n) is 5.41. The number of carbonyl (C=O) groups is 4. The number of benzene rings is 1. The molecule has 10 nitrogen and oxygen atoms in total. The molecular formula is C22H32N4O6. The Morgan fingerprint density at radius 2 is 1.91 bits per heavy atom. The zero-order valence-electron chi connectivity index (χ0n) is 18.9. The first-order valence-electron chi connectivity index (χ1n) is 10.6. The van der Waals surface area contributed by atoms with Crippen molar-refractivity contribution in [2.45, 2.75) is 57.7 Å². The van der Waals surface area contributed by atoms with Gasteiger partial charge >= 0.3 is 0 Å². The number of nitrogens with zero attached hydrogens (tertiary/aromatic N) is 1. The predicted molar refractivity (Wildman–Crippen MR) is 116 cm³/mol. The number of rotatable bonds is 9. The summed E-state index contributed by atoms with van der Waals surface area (Å²) in [6.45, 7) is 5.50. The number of hydroxylamine groups is 1. The Labute approximate surface area is 187 Å². The summed E-state index contributed by atoms with van der Waals surface area (Å²) in [5.74, 6) is -2.57. The highest BCUT2D eigenvalue weighted by atomic mass is 16.5. The number of imide groups is 1. The minimum Gasteiger partial charge on any atom is -0.497 e. The summed E-state index contributed by atoms with van der Waals surface area (Å²) in [5.41, 5.74) is 7.09. The molecule has 32 heavy (non-hydrogen) atoms. The Balaban J connectivity index is 2.40. The molecule has 0 saturated carbocycles. The summed E-state index contributed by atoms with van der Waals surface area (Å²) in [6.07, 6.45) is -0.250. The number of nitrogens with two attached hydrogens (primary N) is 1. The van der Waals surface area contributed by atoms with Crippen LogP contribution in [0.1, 0.15) is 39.2 Å². The molecule has 0 aliphatic carbocycles. The van der Waals surface area contributed by atoms with Gasteiger partial charge in [-0.25, -0.2) is 0 Å². The zero-order chi connectivity index (χ0) is 24.1. The second-order valence-electron chi connectivity index (χ2n) is 8.40. The minimum atomic E-state index is -1.70. The Kier molecular flexibility index (Phi) is 8.48. The lowest BCUT2D eigenvalue weighted by Gasteiger charge is -2.43. The number of ether oxygens (including phenoxy) is 1. The van der Waals surface area contributed by atoms with Gasteiger partial charge in [-0.2, -0.15) is 5.48 Å². The monoisotopic (exact) mass is 448 g/mol. The molecule has 2 rings (SSSR count). The van der Waals surface area contributed by atoms with Crippen LogP contribution in [0.15, 0.2) is 24.3 Å². The minimum absolute atomic E-state index is 0.0760. The third kappa shape index (κ3) is 5.32. The van der Waals surface area contributed by atoms with Crippen LogP contribution in [0.25, 0.3) is 0 Å². The van der Waals surface area contributed by atoms with Crippen molar-refractivity contribution in [3.63, 3.8) is 0 Å². The Morgan fingerprint density at radius 3 is 2.41 bits per heavy atom. The number of piperidine rings is 1. The number of ketones is 1. The summed E-state index contributed by atoms with van der Waals surface area (Å²) in [6, 6.07) is 4.06. The molecule has 0 aromatic heterocycles. The van der Waals surface area contributed by atoms with Crippen molar-refractivity contribution < 1.29 is 29.1 Å². The normalized spacial score (nSPS) is 22.1. The first kappa shape index (κ1) is 25.4. The van der Waals surface area contributed by atoms with Crippen molar-refractivity contribution >= 4 is 23.5 Å². The molecule has 1 unspecified atom stereocenters.